The third-order valence-corrected chi connectivity index (χ3v) is 6.07. The maximum absolute atomic E-state index is 5.73. The summed E-state index contributed by atoms with van der Waals surface area (Å²) in [6, 6.07) is 13.5. The monoisotopic (exact) mass is 395 g/mol. The summed E-state index contributed by atoms with van der Waals surface area (Å²) < 4.78 is 5.73. The first kappa shape index (κ1) is 19.8. The predicted octanol–water partition coefficient (Wildman–Crippen LogP) is 3.17. The van der Waals surface area contributed by atoms with Crippen molar-refractivity contribution in [3.05, 3.63) is 54.0 Å². The van der Waals surface area contributed by atoms with E-state index in [1.807, 2.05) is 13.1 Å². The second kappa shape index (κ2) is 9.35. The van der Waals surface area contributed by atoms with Crippen LogP contribution in [0.3, 0.4) is 0 Å². The maximum Gasteiger partial charge on any atom is 0.191 e. The number of hydrogen-bond donors (Lipinski definition) is 2. The lowest BCUT2D eigenvalue weighted by molar-refractivity contribution is 0.215. The zero-order valence-electron chi connectivity index (χ0n) is 17.6. The fourth-order valence-electron chi connectivity index (χ4n) is 4.39. The highest BCUT2D eigenvalue weighted by Gasteiger charge is 2.27. The number of anilines is 1. The number of rotatable bonds is 6. The molecule has 2 aliphatic heterocycles. The van der Waals surface area contributed by atoms with E-state index in [9.17, 15) is 0 Å². The summed E-state index contributed by atoms with van der Waals surface area (Å²) in [4.78, 5) is 9.42. The largest absolute Gasteiger partial charge is 0.468 e. The van der Waals surface area contributed by atoms with E-state index in [4.69, 9.17) is 4.42 Å². The quantitative estimate of drug-likeness (QED) is 0.581. The zero-order chi connectivity index (χ0) is 20.1. The molecule has 29 heavy (non-hydrogen) atoms. The molecule has 0 radical (unpaired) electrons. The molecule has 0 aliphatic carbocycles. The van der Waals surface area contributed by atoms with Crippen LogP contribution in [0, 0.1) is 6.92 Å². The topological polar surface area (TPSA) is 56.0 Å². The molecule has 6 nitrogen and oxygen atoms in total. The Labute approximate surface area is 174 Å². The Balaban J connectivity index is 1.32. The Morgan fingerprint density at radius 1 is 1.17 bits per heavy atom. The van der Waals surface area contributed by atoms with E-state index in [1.165, 1.54) is 24.1 Å². The Morgan fingerprint density at radius 3 is 2.66 bits per heavy atom. The lowest BCUT2D eigenvalue weighted by atomic mass is 10.2. The first-order valence-electron chi connectivity index (χ1n) is 10.8. The fourth-order valence-corrected chi connectivity index (χ4v) is 4.39. The fraction of sp³-hybridized carbons (Fsp3) is 0.522. The van der Waals surface area contributed by atoms with Gasteiger partial charge in [-0.05, 0) is 63.5 Å². The van der Waals surface area contributed by atoms with Gasteiger partial charge in [-0.25, -0.2) is 0 Å². The summed E-state index contributed by atoms with van der Waals surface area (Å²) in [6.07, 6.45) is 5.41. The molecule has 2 N–H and O–H groups in total. The Bertz CT molecular complexity index is 780. The molecule has 0 amide bonds. The van der Waals surface area contributed by atoms with Crippen LogP contribution < -0.4 is 15.5 Å². The second-order valence-corrected chi connectivity index (χ2v) is 8.14. The minimum absolute atomic E-state index is 0.249. The summed E-state index contributed by atoms with van der Waals surface area (Å²) in [7, 11) is 1.85. The summed E-state index contributed by atoms with van der Waals surface area (Å²) in [5.41, 5.74) is 2.60. The van der Waals surface area contributed by atoms with Gasteiger partial charge in [0.05, 0.1) is 12.3 Å². The van der Waals surface area contributed by atoms with Gasteiger partial charge in [0.2, 0.25) is 0 Å². The van der Waals surface area contributed by atoms with Crippen molar-refractivity contribution in [1.29, 1.82) is 0 Å². The van der Waals surface area contributed by atoms with Crippen molar-refractivity contribution >= 4 is 11.6 Å². The highest BCUT2D eigenvalue weighted by Crippen LogP contribution is 2.25. The molecule has 4 rings (SSSR count). The first-order valence-corrected chi connectivity index (χ1v) is 10.8. The van der Waals surface area contributed by atoms with Crippen molar-refractivity contribution in [3.63, 3.8) is 0 Å². The van der Waals surface area contributed by atoms with Crippen LogP contribution in [0.15, 0.2) is 52.1 Å². The summed E-state index contributed by atoms with van der Waals surface area (Å²) in [6.45, 7) is 7.26. The van der Waals surface area contributed by atoms with Crippen LogP contribution in [0.5, 0.6) is 0 Å². The number of likely N-dealkylation sites (tertiary alicyclic amines) is 1. The number of benzene rings is 1. The van der Waals surface area contributed by atoms with E-state index in [1.54, 1.807) is 6.26 Å². The number of aryl methyl sites for hydroxylation is 1. The SMILES string of the molecule is CN=C(NCC(c1ccco1)N1CCCC1)NC1CCN(c2ccc(C)cc2)C1. The van der Waals surface area contributed by atoms with Crippen molar-refractivity contribution in [2.75, 3.05) is 44.7 Å². The van der Waals surface area contributed by atoms with Crippen molar-refractivity contribution in [1.82, 2.24) is 15.5 Å². The predicted molar refractivity (Wildman–Crippen MR) is 119 cm³/mol. The number of nitrogens with one attached hydrogen (secondary N) is 2. The van der Waals surface area contributed by atoms with Crippen molar-refractivity contribution in [3.8, 4) is 0 Å². The van der Waals surface area contributed by atoms with Gasteiger partial charge in [-0.1, -0.05) is 17.7 Å². The molecule has 0 saturated carbocycles. The van der Waals surface area contributed by atoms with Crippen LogP contribution >= 0.6 is 0 Å². The van der Waals surface area contributed by atoms with Crippen LogP contribution in [-0.2, 0) is 0 Å². The molecule has 6 heteroatoms. The standard InChI is InChI=1S/C23H33N5O/c1-18-7-9-20(10-8-18)28-14-11-19(17-28)26-23(24-2)25-16-21(22-6-5-15-29-22)27-12-3-4-13-27/h5-10,15,19,21H,3-4,11-14,16-17H2,1-2H3,(H2,24,25,26). The van der Waals surface area contributed by atoms with E-state index < -0.39 is 0 Å². The van der Waals surface area contributed by atoms with E-state index in [-0.39, 0.29) is 6.04 Å². The molecule has 2 fully saturated rings. The van der Waals surface area contributed by atoms with E-state index in [0.29, 0.717) is 6.04 Å². The molecule has 2 aliphatic rings. The number of nitrogens with zero attached hydrogens (tertiary/aromatic N) is 3. The van der Waals surface area contributed by atoms with Crippen molar-refractivity contribution < 1.29 is 4.42 Å². The van der Waals surface area contributed by atoms with Gasteiger partial charge >= 0.3 is 0 Å². The minimum atomic E-state index is 0.249. The van der Waals surface area contributed by atoms with E-state index in [0.717, 1.165) is 50.9 Å². The van der Waals surface area contributed by atoms with Crippen LogP contribution in [0.4, 0.5) is 5.69 Å². The van der Waals surface area contributed by atoms with Crippen molar-refractivity contribution in [2.24, 2.45) is 4.99 Å². The molecule has 0 spiro atoms. The van der Waals surface area contributed by atoms with Gasteiger partial charge < -0.3 is 20.0 Å². The van der Waals surface area contributed by atoms with Crippen molar-refractivity contribution in [2.45, 2.75) is 38.3 Å². The summed E-state index contributed by atoms with van der Waals surface area (Å²) >= 11 is 0. The Morgan fingerprint density at radius 2 is 1.97 bits per heavy atom. The van der Waals surface area contributed by atoms with Gasteiger partial charge in [-0.15, -0.1) is 0 Å². The maximum atomic E-state index is 5.73. The summed E-state index contributed by atoms with van der Waals surface area (Å²) in [5.74, 6) is 1.90. The first-order chi connectivity index (χ1) is 14.2. The van der Waals surface area contributed by atoms with Gasteiger partial charge in [0, 0.05) is 38.4 Å². The minimum Gasteiger partial charge on any atom is -0.468 e. The van der Waals surface area contributed by atoms with Gasteiger partial charge in [0.1, 0.15) is 5.76 Å². The molecule has 2 unspecified atom stereocenters. The average molecular weight is 396 g/mol. The highest BCUT2D eigenvalue weighted by molar-refractivity contribution is 5.80. The normalized spacial score (nSPS) is 21.5. The molecule has 156 valence electrons. The molecule has 0 bridgehead atoms. The number of furan rings is 1. The lowest BCUT2D eigenvalue weighted by Gasteiger charge is -2.27. The molecule has 2 aromatic rings. The Kier molecular flexibility index (Phi) is 6.39. The zero-order valence-corrected chi connectivity index (χ0v) is 17.6. The smallest absolute Gasteiger partial charge is 0.191 e. The molecule has 2 saturated heterocycles. The van der Waals surface area contributed by atoms with Crippen LogP contribution in [0.2, 0.25) is 0 Å². The number of aliphatic imine (C=N–C) groups is 1. The van der Waals surface area contributed by atoms with Gasteiger partial charge in [0.25, 0.3) is 0 Å². The van der Waals surface area contributed by atoms with Crippen LogP contribution in [-0.4, -0.2) is 56.7 Å². The molecule has 2 atom stereocenters. The second-order valence-electron chi connectivity index (χ2n) is 8.14. The third kappa shape index (κ3) is 4.93. The van der Waals surface area contributed by atoms with Crippen LogP contribution in [0.1, 0.15) is 36.6 Å². The van der Waals surface area contributed by atoms with E-state index >= 15 is 0 Å². The average Bonchev–Trinajstić information content (AvgIpc) is 3.51. The molecule has 1 aromatic carbocycles. The molecule has 3 heterocycles. The lowest BCUT2D eigenvalue weighted by Crippen LogP contribution is -2.47. The molecule has 1 aromatic heterocycles. The Hall–Kier alpha value is -2.47. The van der Waals surface area contributed by atoms with E-state index in [2.05, 4.69) is 62.7 Å². The summed E-state index contributed by atoms with van der Waals surface area (Å²) in [5, 5.41) is 7.16. The molecular weight excluding hydrogens is 362 g/mol. The third-order valence-electron chi connectivity index (χ3n) is 6.07. The molecular formula is C23H33N5O. The van der Waals surface area contributed by atoms with Crippen LogP contribution in [0.25, 0.3) is 0 Å². The number of guanidine groups is 1. The van der Waals surface area contributed by atoms with Gasteiger partial charge in [0.15, 0.2) is 5.96 Å². The number of hydrogen-bond acceptors (Lipinski definition) is 4. The highest BCUT2D eigenvalue weighted by atomic mass is 16.3. The van der Waals surface area contributed by atoms with Gasteiger partial charge in [-0.2, -0.15) is 0 Å². The van der Waals surface area contributed by atoms with Gasteiger partial charge in [-0.3, -0.25) is 9.89 Å².